The van der Waals surface area contributed by atoms with Gasteiger partial charge in [0.15, 0.2) is 0 Å². The molecule has 1 aromatic rings. The summed E-state index contributed by atoms with van der Waals surface area (Å²) in [6.45, 7) is 0. The minimum absolute atomic E-state index is 0.0718. The SMILES string of the molecule is CSc1s[nH]c(=O)c1C(N)=O. The van der Waals surface area contributed by atoms with Gasteiger partial charge in [0.1, 0.15) is 5.56 Å². The van der Waals surface area contributed by atoms with E-state index in [1.807, 2.05) is 0 Å². The van der Waals surface area contributed by atoms with E-state index >= 15 is 0 Å². The fourth-order valence-corrected chi connectivity index (χ4v) is 2.08. The van der Waals surface area contributed by atoms with Gasteiger partial charge in [-0.05, 0) is 6.26 Å². The van der Waals surface area contributed by atoms with E-state index in [4.69, 9.17) is 5.73 Å². The summed E-state index contributed by atoms with van der Waals surface area (Å²) >= 11 is 2.46. The lowest BCUT2D eigenvalue weighted by Gasteiger charge is -1.89. The smallest absolute Gasteiger partial charge is 0.272 e. The molecule has 1 amide bonds. The summed E-state index contributed by atoms with van der Waals surface area (Å²) in [5, 5.41) is 0. The number of aromatic amines is 1. The lowest BCUT2D eigenvalue weighted by Crippen LogP contribution is -2.20. The zero-order valence-corrected chi connectivity index (χ0v) is 7.34. The third-order valence-electron chi connectivity index (χ3n) is 1.10. The number of hydrogen-bond acceptors (Lipinski definition) is 4. The zero-order chi connectivity index (χ0) is 8.43. The van der Waals surface area contributed by atoms with Gasteiger partial charge in [0, 0.05) is 0 Å². The van der Waals surface area contributed by atoms with Gasteiger partial charge >= 0.3 is 0 Å². The highest BCUT2D eigenvalue weighted by atomic mass is 32.2. The molecule has 1 heterocycles. The maximum absolute atomic E-state index is 10.9. The van der Waals surface area contributed by atoms with E-state index in [9.17, 15) is 9.59 Å². The number of hydrogen-bond donors (Lipinski definition) is 2. The molecule has 0 aromatic carbocycles. The molecule has 0 atom stereocenters. The first-order chi connectivity index (χ1) is 5.16. The highest BCUT2D eigenvalue weighted by Crippen LogP contribution is 2.20. The van der Waals surface area contributed by atoms with Crippen molar-refractivity contribution >= 4 is 29.2 Å². The normalized spacial score (nSPS) is 9.91. The summed E-state index contributed by atoms with van der Waals surface area (Å²) in [6.07, 6.45) is 1.78. The molecule has 0 aliphatic rings. The second kappa shape index (κ2) is 3.10. The highest BCUT2D eigenvalue weighted by Gasteiger charge is 2.14. The second-order valence-electron chi connectivity index (χ2n) is 1.76. The van der Waals surface area contributed by atoms with Gasteiger partial charge in [-0.3, -0.25) is 14.0 Å². The van der Waals surface area contributed by atoms with Crippen molar-refractivity contribution in [3.05, 3.63) is 15.9 Å². The quantitative estimate of drug-likeness (QED) is 0.657. The third kappa shape index (κ3) is 1.46. The summed E-state index contributed by atoms with van der Waals surface area (Å²) in [5.41, 5.74) is 4.65. The summed E-state index contributed by atoms with van der Waals surface area (Å²) in [4.78, 5) is 21.5. The third-order valence-corrected chi connectivity index (χ3v) is 3.10. The molecule has 0 bridgehead atoms. The largest absolute Gasteiger partial charge is 0.365 e. The van der Waals surface area contributed by atoms with Crippen LogP contribution in [0.3, 0.4) is 0 Å². The first-order valence-electron chi connectivity index (χ1n) is 2.72. The van der Waals surface area contributed by atoms with Crippen molar-refractivity contribution in [1.29, 1.82) is 0 Å². The Bertz CT molecular complexity index is 327. The van der Waals surface area contributed by atoms with Crippen LogP contribution in [0.4, 0.5) is 0 Å². The number of rotatable bonds is 2. The predicted molar refractivity (Wildman–Crippen MR) is 45.2 cm³/mol. The van der Waals surface area contributed by atoms with Crippen molar-refractivity contribution in [3.63, 3.8) is 0 Å². The number of H-pyrrole nitrogens is 1. The Hall–Kier alpha value is -0.750. The van der Waals surface area contributed by atoms with Crippen molar-refractivity contribution in [1.82, 2.24) is 4.37 Å². The van der Waals surface area contributed by atoms with Crippen molar-refractivity contribution in [2.24, 2.45) is 5.73 Å². The Kier molecular flexibility index (Phi) is 2.35. The minimum Gasteiger partial charge on any atom is -0.365 e. The van der Waals surface area contributed by atoms with Crippen LogP contribution in [0, 0.1) is 0 Å². The molecule has 0 aliphatic heterocycles. The van der Waals surface area contributed by atoms with Crippen LogP contribution in [0.15, 0.2) is 9.00 Å². The second-order valence-corrected chi connectivity index (χ2v) is 3.66. The molecule has 0 aliphatic carbocycles. The summed E-state index contributed by atoms with van der Waals surface area (Å²) in [7, 11) is 0. The number of carbonyl (C=O) groups excluding carboxylic acids is 1. The van der Waals surface area contributed by atoms with Crippen LogP contribution in [-0.4, -0.2) is 16.5 Å². The standard InChI is InChI=1S/C5H6N2O2S2/c1-10-5-2(3(6)8)4(9)7-11-5/h1H3,(H2,6,8)(H,7,9). The molecule has 0 radical (unpaired) electrons. The molecule has 60 valence electrons. The van der Waals surface area contributed by atoms with E-state index in [-0.39, 0.29) is 5.56 Å². The van der Waals surface area contributed by atoms with E-state index in [0.29, 0.717) is 4.21 Å². The van der Waals surface area contributed by atoms with E-state index in [1.165, 1.54) is 11.8 Å². The molecule has 3 N–H and O–H groups in total. The number of amides is 1. The first kappa shape index (κ1) is 8.35. The number of primary amides is 1. The first-order valence-corrected chi connectivity index (χ1v) is 4.76. The fourth-order valence-electron chi connectivity index (χ4n) is 0.644. The molecular weight excluding hydrogens is 184 g/mol. The molecule has 0 saturated heterocycles. The maximum atomic E-state index is 10.9. The molecule has 0 spiro atoms. The van der Waals surface area contributed by atoms with E-state index in [2.05, 4.69) is 4.37 Å². The van der Waals surface area contributed by atoms with Crippen molar-refractivity contribution in [2.75, 3.05) is 6.26 Å². The molecule has 0 saturated carbocycles. The van der Waals surface area contributed by atoms with E-state index in [1.54, 1.807) is 6.26 Å². The van der Waals surface area contributed by atoms with Gasteiger partial charge in [0.05, 0.1) is 4.21 Å². The van der Waals surface area contributed by atoms with Crippen molar-refractivity contribution in [3.8, 4) is 0 Å². The molecule has 0 unspecified atom stereocenters. The average Bonchev–Trinajstić information content (AvgIpc) is 2.30. The maximum Gasteiger partial charge on any atom is 0.272 e. The van der Waals surface area contributed by atoms with Gasteiger partial charge in [0.25, 0.3) is 11.5 Å². The average molecular weight is 190 g/mol. The van der Waals surface area contributed by atoms with Gasteiger partial charge in [-0.25, -0.2) is 0 Å². The number of nitrogens with one attached hydrogen (secondary N) is 1. The summed E-state index contributed by atoms with van der Waals surface area (Å²) in [5.74, 6) is -0.670. The van der Waals surface area contributed by atoms with E-state index in [0.717, 1.165) is 11.5 Å². The number of nitrogens with two attached hydrogens (primary N) is 1. The Morgan fingerprint density at radius 3 is 2.73 bits per heavy atom. The summed E-state index contributed by atoms with van der Waals surface area (Å²) < 4.78 is 3.08. The van der Waals surface area contributed by atoms with Crippen LogP contribution in [0.2, 0.25) is 0 Å². The van der Waals surface area contributed by atoms with Gasteiger partial charge in [-0.15, -0.1) is 11.8 Å². The van der Waals surface area contributed by atoms with Crippen molar-refractivity contribution in [2.45, 2.75) is 4.21 Å². The van der Waals surface area contributed by atoms with Crippen LogP contribution in [0.5, 0.6) is 0 Å². The van der Waals surface area contributed by atoms with Crippen molar-refractivity contribution < 1.29 is 4.79 Å². The fraction of sp³-hybridized carbons (Fsp3) is 0.200. The van der Waals surface area contributed by atoms with Gasteiger partial charge in [0.2, 0.25) is 0 Å². The van der Waals surface area contributed by atoms with Gasteiger partial charge in [-0.2, -0.15) is 0 Å². The Morgan fingerprint density at radius 1 is 1.73 bits per heavy atom. The molecule has 4 nitrogen and oxygen atoms in total. The molecule has 1 rings (SSSR count). The lowest BCUT2D eigenvalue weighted by atomic mass is 10.3. The lowest BCUT2D eigenvalue weighted by molar-refractivity contribution is 0.0997. The van der Waals surface area contributed by atoms with Crippen LogP contribution in [-0.2, 0) is 0 Å². The topological polar surface area (TPSA) is 75.9 Å². The van der Waals surface area contributed by atoms with Crippen LogP contribution >= 0.6 is 23.3 Å². The minimum atomic E-state index is -0.670. The Morgan fingerprint density at radius 2 is 2.36 bits per heavy atom. The number of thioether (sulfide) groups is 1. The monoisotopic (exact) mass is 190 g/mol. The summed E-state index contributed by atoms with van der Waals surface area (Å²) in [6, 6.07) is 0. The molecule has 0 fully saturated rings. The Labute approximate surface area is 70.9 Å². The van der Waals surface area contributed by atoms with Gasteiger partial charge in [-0.1, -0.05) is 11.5 Å². The molecule has 6 heteroatoms. The number of carbonyl (C=O) groups is 1. The highest BCUT2D eigenvalue weighted by molar-refractivity contribution is 8.00. The van der Waals surface area contributed by atoms with Crippen LogP contribution in [0.1, 0.15) is 10.4 Å². The molecular formula is C5H6N2O2S2. The Balaban J connectivity index is 3.29. The van der Waals surface area contributed by atoms with E-state index < -0.39 is 11.5 Å². The van der Waals surface area contributed by atoms with Crippen LogP contribution < -0.4 is 11.3 Å². The zero-order valence-electron chi connectivity index (χ0n) is 5.71. The van der Waals surface area contributed by atoms with Crippen LogP contribution in [0.25, 0.3) is 0 Å². The number of aromatic nitrogens is 1. The predicted octanol–water partition coefficient (Wildman–Crippen LogP) is 0.257. The molecule has 1 aromatic heterocycles. The molecule has 11 heavy (non-hydrogen) atoms. The van der Waals surface area contributed by atoms with Gasteiger partial charge < -0.3 is 5.73 Å².